The fraction of sp³-hybridized carbons (Fsp3) is 0. The molecule has 0 amide bonds. The molecule has 0 saturated carbocycles. The first-order valence-corrected chi connectivity index (χ1v) is 6.09. The largest absolute Gasteiger partial charge is 0.506 e. The molecule has 3 N–H and O–H groups in total. The fourth-order valence-electron chi connectivity index (χ4n) is 1.40. The van der Waals surface area contributed by atoms with Crippen LogP contribution in [-0.2, 0) is 0 Å². The van der Waals surface area contributed by atoms with Gasteiger partial charge in [0.1, 0.15) is 10.8 Å². The molecule has 0 spiro atoms. The Balaban J connectivity index is 2.20. The summed E-state index contributed by atoms with van der Waals surface area (Å²) in [6, 6.07) is 10.7. The number of aromatic hydroxyl groups is 2. The zero-order valence-electron chi connectivity index (χ0n) is 9.64. The molecule has 2 aromatic carbocycles. The Morgan fingerprint density at radius 3 is 2.42 bits per heavy atom. The minimum atomic E-state index is -0.353. The Bertz CT molecular complexity index is 616. The summed E-state index contributed by atoms with van der Waals surface area (Å²) < 4.78 is 0. The van der Waals surface area contributed by atoms with Crippen molar-refractivity contribution in [2.45, 2.75) is 0 Å². The first-order valence-electron chi connectivity index (χ1n) is 5.33. The molecule has 0 saturated heterocycles. The molecule has 0 bridgehead atoms. The number of phenols is 2. The number of nitrogens with one attached hydrogen (secondary N) is 1. The van der Waals surface area contributed by atoms with E-state index in [1.165, 1.54) is 12.3 Å². The molecule has 98 valence electrons. The summed E-state index contributed by atoms with van der Waals surface area (Å²) in [4.78, 5) is 0. The lowest BCUT2D eigenvalue weighted by Gasteiger charge is -2.05. The van der Waals surface area contributed by atoms with Crippen molar-refractivity contribution in [3.05, 3.63) is 52.0 Å². The van der Waals surface area contributed by atoms with E-state index in [1.54, 1.807) is 0 Å². The molecule has 0 radical (unpaired) electrons. The number of para-hydroxylation sites is 1. The van der Waals surface area contributed by atoms with Crippen molar-refractivity contribution in [1.29, 1.82) is 0 Å². The quantitative estimate of drug-likeness (QED) is 0.595. The average molecular weight is 297 g/mol. The molecule has 0 atom stereocenters. The lowest BCUT2D eigenvalue weighted by molar-refractivity contribution is 0.450. The molecular weight excluding hydrogens is 287 g/mol. The van der Waals surface area contributed by atoms with Crippen LogP contribution in [0.15, 0.2) is 41.5 Å². The summed E-state index contributed by atoms with van der Waals surface area (Å²) >= 11 is 11.5. The Morgan fingerprint density at radius 2 is 1.74 bits per heavy atom. The van der Waals surface area contributed by atoms with Crippen molar-refractivity contribution in [3.8, 4) is 11.5 Å². The Morgan fingerprint density at radius 1 is 1.05 bits per heavy atom. The molecule has 2 aromatic rings. The third-order valence-corrected chi connectivity index (χ3v) is 3.01. The number of hydrogen-bond acceptors (Lipinski definition) is 4. The van der Waals surface area contributed by atoms with Crippen LogP contribution in [0.4, 0.5) is 5.69 Å². The number of benzene rings is 2. The van der Waals surface area contributed by atoms with E-state index in [0.29, 0.717) is 5.56 Å². The lowest BCUT2D eigenvalue weighted by Crippen LogP contribution is -1.91. The van der Waals surface area contributed by atoms with Crippen LogP contribution in [0.1, 0.15) is 5.56 Å². The van der Waals surface area contributed by atoms with E-state index in [2.05, 4.69) is 10.5 Å². The van der Waals surface area contributed by atoms with Crippen LogP contribution in [0.3, 0.4) is 0 Å². The predicted molar refractivity (Wildman–Crippen MR) is 77.5 cm³/mol. The van der Waals surface area contributed by atoms with Crippen LogP contribution >= 0.6 is 23.2 Å². The highest BCUT2D eigenvalue weighted by molar-refractivity contribution is 6.38. The molecule has 0 aliphatic carbocycles. The monoisotopic (exact) mass is 296 g/mol. The second kappa shape index (κ2) is 5.82. The number of hydrazone groups is 1. The maximum atomic E-state index is 9.73. The SMILES string of the molecule is Oc1c(Cl)cc(C=NNc2ccccc2)c(O)c1Cl. The molecule has 4 nitrogen and oxygen atoms in total. The molecule has 0 aliphatic heterocycles. The molecule has 0 aromatic heterocycles. The van der Waals surface area contributed by atoms with Gasteiger partial charge in [0.05, 0.1) is 16.9 Å². The van der Waals surface area contributed by atoms with E-state index in [4.69, 9.17) is 23.2 Å². The highest BCUT2D eigenvalue weighted by Crippen LogP contribution is 2.40. The summed E-state index contributed by atoms with van der Waals surface area (Å²) in [6.45, 7) is 0. The zero-order valence-corrected chi connectivity index (χ0v) is 11.2. The van der Waals surface area contributed by atoms with Gasteiger partial charge in [-0.25, -0.2) is 0 Å². The van der Waals surface area contributed by atoms with Crippen LogP contribution in [-0.4, -0.2) is 16.4 Å². The van der Waals surface area contributed by atoms with Crippen molar-refractivity contribution >= 4 is 35.1 Å². The molecule has 6 heteroatoms. The van der Waals surface area contributed by atoms with Crippen LogP contribution in [0.2, 0.25) is 10.0 Å². The minimum Gasteiger partial charge on any atom is -0.506 e. The molecule has 2 rings (SSSR count). The molecule has 19 heavy (non-hydrogen) atoms. The number of hydrogen-bond donors (Lipinski definition) is 3. The normalized spacial score (nSPS) is 10.8. The third-order valence-electron chi connectivity index (χ3n) is 2.37. The number of halogens is 2. The highest BCUT2D eigenvalue weighted by atomic mass is 35.5. The van der Waals surface area contributed by atoms with Gasteiger partial charge in [0, 0.05) is 5.56 Å². The summed E-state index contributed by atoms with van der Waals surface area (Å²) in [7, 11) is 0. The number of rotatable bonds is 3. The van der Waals surface area contributed by atoms with Crippen LogP contribution in [0, 0.1) is 0 Å². The van der Waals surface area contributed by atoms with E-state index < -0.39 is 0 Å². The maximum absolute atomic E-state index is 9.73. The van der Waals surface area contributed by atoms with E-state index in [9.17, 15) is 10.2 Å². The van der Waals surface area contributed by atoms with E-state index >= 15 is 0 Å². The smallest absolute Gasteiger partial charge is 0.156 e. The van der Waals surface area contributed by atoms with Crippen LogP contribution in [0.25, 0.3) is 0 Å². The second-order valence-corrected chi connectivity index (χ2v) is 4.48. The summed E-state index contributed by atoms with van der Waals surface area (Å²) in [5.41, 5.74) is 3.89. The van der Waals surface area contributed by atoms with Gasteiger partial charge in [0.25, 0.3) is 0 Å². The zero-order chi connectivity index (χ0) is 13.8. The number of anilines is 1. The maximum Gasteiger partial charge on any atom is 0.156 e. The average Bonchev–Trinajstić information content (AvgIpc) is 2.43. The van der Waals surface area contributed by atoms with Crippen molar-refractivity contribution in [2.75, 3.05) is 5.43 Å². The van der Waals surface area contributed by atoms with Crippen LogP contribution < -0.4 is 5.43 Å². The van der Waals surface area contributed by atoms with Gasteiger partial charge in [0.15, 0.2) is 5.75 Å². The molecule has 0 aliphatic rings. The second-order valence-electron chi connectivity index (χ2n) is 3.69. The predicted octanol–water partition coefficient (Wildman–Crippen LogP) is 3.85. The number of phenolic OH excluding ortho intramolecular Hbond substituents is 2. The lowest BCUT2D eigenvalue weighted by atomic mass is 10.2. The van der Waals surface area contributed by atoms with Crippen molar-refractivity contribution in [2.24, 2.45) is 5.10 Å². The van der Waals surface area contributed by atoms with Crippen LogP contribution in [0.5, 0.6) is 11.5 Å². The fourth-order valence-corrected chi connectivity index (χ4v) is 1.88. The summed E-state index contributed by atoms with van der Waals surface area (Å²) in [6.07, 6.45) is 1.36. The van der Waals surface area contributed by atoms with Gasteiger partial charge in [-0.1, -0.05) is 41.4 Å². The first-order chi connectivity index (χ1) is 9.09. The Labute approximate surface area is 119 Å². The summed E-state index contributed by atoms with van der Waals surface area (Å²) in [5, 5.41) is 23.0. The highest BCUT2D eigenvalue weighted by Gasteiger charge is 2.13. The Hall–Kier alpha value is -1.91. The van der Waals surface area contributed by atoms with E-state index in [1.807, 2.05) is 30.3 Å². The van der Waals surface area contributed by atoms with Gasteiger partial charge < -0.3 is 10.2 Å². The van der Waals surface area contributed by atoms with E-state index in [-0.39, 0.29) is 21.5 Å². The third kappa shape index (κ3) is 3.10. The van der Waals surface area contributed by atoms with Crippen molar-refractivity contribution < 1.29 is 10.2 Å². The van der Waals surface area contributed by atoms with Gasteiger partial charge in [-0.2, -0.15) is 5.10 Å². The van der Waals surface area contributed by atoms with Gasteiger partial charge in [-0.05, 0) is 18.2 Å². The molecule has 0 fully saturated rings. The standard InChI is InChI=1S/C13H10Cl2N2O2/c14-10-6-8(12(18)11(15)13(10)19)7-16-17-9-4-2-1-3-5-9/h1-7,17-19H. The first kappa shape index (κ1) is 13.5. The van der Waals surface area contributed by atoms with Gasteiger partial charge in [-0.3, -0.25) is 5.43 Å². The van der Waals surface area contributed by atoms with Gasteiger partial charge >= 0.3 is 0 Å². The molecule has 0 heterocycles. The molecular formula is C13H10Cl2N2O2. The van der Waals surface area contributed by atoms with E-state index in [0.717, 1.165) is 5.69 Å². The van der Waals surface area contributed by atoms with Crippen molar-refractivity contribution in [1.82, 2.24) is 0 Å². The summed E-state index contributed by atoms with van der Waals surface area (Å²) in [5.74, 6) is -0.629. The molecule has 0 unspecified atom stereocenters. The van der Waals surface area contributed by atoms with Gasteiger partial charge in [-0.15, -0.1) is 0 Å². The van der Waals surface area contributed by atoms with Crippen molar-refractivity contribution in [3.63, 3.8) is 0 Å². The minimum absolute atomic E-state index is 0.0453. The topological polar surface area (TPSA) is 64.9 Å². The Kier molecular flexibility index (Phi) is 4.14. The van der Waals surface area contributed by atoms with Gasteiger partial charge in [0.2, 0.25) is 0 Å². The number of nitrogens with zero attached hydrogens (tertiary/aromatic N) is 1.